The highest BCUT2D eigenvalue weighted by Gasteiger charge is 2.39. The molecule has 2 fully saturated rings. The Balaban J connectivity index is 1.56. The van der Waals surface area contributed by atoms with Crippen molar-refractivity contribution in [1.82, 2.24) is 20.0 Å². The molecule has 0 aromatic carbocycles. The molecule has 0 unspecified atom stereocenters. The zero-order valence-corrected chi connectivity index (χ0v) is 11.5. The number of carbonyl (C=O) groups excluding carboxylic acids is 1. The summed E-state index contributed by atoms with van der Waals surface area (Å²) in [6, 6.07) is 5.19. The van der Waals surface area contributed by atoms with E-state index in [1.807, 2.05) is 29.7 Å². The van der Waals surface area contributed by atoms with Crippen LogP contribution in [0.15, 0.2) is 24.7 Å². The van der Waals surface area contributed by atoms with Crippen LogP contribution in [0.5, 0.6) is 0 Å². The minimum atomic E-state index is -0.0625. The molecule has 2 aliphatic rings. The number of nitrogens with zero attached hydrogens (tertiary/aromatic N) is 2. The smallest absolute Gasteiger partial charge is 0.270 e. The first-order valence-electron chi connectivity index (χ1n) is 7.21. The number of fused-ring (bicyclic) bond motifs is 3. The predicted octanol–water partition coefficient (Wildman–Crippen LogP) is 1.27. The van der Waals surface area contributed by atoms with E-state index in [0.717, 1.165) is 17.5 Å². The summed E-state index contributed by atoms with van der Waals surface area (Å²) in [5.41, 5.74) is 2.70. The molecule has 0 aliphatic carbocycles. The van der Waals surface area contributed by atoms with Crippen LogP contribution in [0.3, 0.4) is 0 Å². The van der Waals surface area contributed by atoms with Crippen LogP contribution in [0.25, 0.3) is 5.52 Å². The van der Waals surface area contributed by atoms with Crippen LogP contribution >= 0.6 is 0 Å². The number of hydrogen-bond acceptors (Lipinski definition) is 3. The number of aryl methyl sites for hydroxylation is 1. The third kappa shape index (κ3) is 1.81. The molecule has 3 atom stereocenters. The zero-order chi connectivity index (χ0) is 13.7. The van der Waals surface area contributed by atoms with Gasteiger partial charge in [0.05, 0.1) is 11.8 Å². The monoisotopic (exact) mass is 270 g/mol. The van der Waals surface area contributed by atoms with Crippen molar-refractivity contribution in [2.24, 2.45) is 0 Å². The summed E-state index contributed by atoms with van der Waals surface area (Å²) in [6.45, 7) is 2.04. The molecule has 2 aliphatic heterocycles. The highest BCUT2D eigenvalue weighted by molar-refractivity contribution is 5.93. The fourth-order valence-electron chi connectivity index (χ4n) is 3.49. The number of nitrogens with one attached hydrogen (secondary N) is 2. The van der Waals surface area contributed by atoms with Crippen molar-refractivity contribution in [2.45, 2.75) is 44.3 Å². The fraction of sp³-hybridized carbons (Fsp3) is 0.467. The Morgan fingerprint density at radius 3 is 3.15 bits per heavy atom. The molecule has 4 heterocycles. The number of hydrogen-bond donors (Lipinski definition) is 2. The number of carbonyl (C=O) groups is 1. The molecule has 104 valence electrons. The molecular formula is C15H18N4O. The average Bonchev–Trinajstić information content (AvgIpc) is 3.15. The van der Waals surface area contributed by atoms with E-state index in [2.05, 4.69) is 15.6 Å². The molecule has 2 saturated heterocycles. The minimum absolute atomic E-state index is 0.0625. The van der Waals surface area contributed by atoms with E-state index in [1.54, 1.807) is 6.33 Å². The van der Waals surface area contributed by atoms with Crippen LogP contribution in [-0.2, 0) is 0 Å². The molecule has 0 spiro atoms. The van der Waals surface area contributed by atoms with E-state index in [-0.39, 0.29) is 11.9 Å². The molecule has 5 heteroatoms. The molecule has 2 aromatic rings. The first-order chi connectivity index (χ1) is 9.70. The first kappa shape index (κ1) is 11.9. The highest BCUT2D eigenvalue weighted by Crippen LogP contribution is 2.28. The predicted molar refractivity (Wildman–Crippen MR) is 75.7 cm³/mol. The maximum absolute atomic E-state index is 12.3. The van der Waals surface area contributed by atoms with E-state index in [1.165, 1.54) is 12.8 Å². The van der Waals surface area contributed by atoms with Crippen molar-refractivity contribution in [3.8, 4) is 0 Å². The lowest BCUT2D eigenvalue weighted by Crippen LogP contribution is -2.43. The SMILES string of the molecule is Cc1ccn2cnc(C(=O)N[C@@H]3C[C@H]4CC[C@@H]3N4)cc12. The van der Waals surface area contributed by atoms with Crippen molar-refractivity contribution in [3.63, 3.8) is 0 Å². The van der Waals surface area contributed by atoms with Crippen molar-refractivity contribution in [1.29, 1.82) is 0 Å². The van der Waals surface area contributed by atoms with Crippen molar-refractivity contribution in [3.05, 3.63) is 35.9 Å². The Morgan fingerprint density at radius 2 is 2.40 bits per heavy atom. The number of rotatable bonds is 2. The molecule has 0 saturated carbocycles. The second kappa shape index (κ2) is 4.31. The molecule has 1 amide bonds. The highest BCUT2D eigenvalue weighted by atomic mass is 16.2. The van der Waals surface area contributed by atoms with E-state index in [9.17, 15) is 4.79 Å². The van der Waals surface area contributed by atoms with Crippen molar-refractivity contribution < 1.29 is 4.79 Å². The minimum Gasteiger partial charge on any atom is -0.346 e. The van der Waals surface area contributed by atoms with Crippen LogP contribution in [0.2, 0.25) is 0 Å². The van der Waals surface area contributed by atoms with Crippen LogP contribution in [0.4, 0.5) is 0 Å². The third-order valence-electron chi connectivity index (χ3n) is 4.61. The second-order valence-corrected chi connectivity index (χ2v) is 5.93. The molecule has 2 bridgehead atoms. The summed E-state index contributed by atoms with van der Waals surface area (Å²) in [6.07, 6.45) is 7.11. The Kier molecular flexibility index (Phi) is 2.57. The van der Waals surface area contributed by atoms with Gasteiger partial charge < -0.3 is 15.0 Å². The summed E-state index contributed by atoms with van der Waals surface area (Å²) >= 11 is 0. The normalized spacial score (nSPS) is 28.1. The second-order valence-electron chi connectivity index (χ2n) is 5.93. The molecule has 2 aromatic heterocycles. The Bertz CT molecular complexity index is 678. The molecule has 2 N–H and O–H groups in total. The van der Waals surface area contributed by atoms with Gasteiger partial charge in [-0.3, -0.25) is 4.79 Å². The molecule has 4 rings (SSSR count). The van der Waals surface area contributed by atoms with Crippen LogP contribution in [0.1, 0.15) is 35.3 Å². The fourth-order valence-corrected chi connectivity index (χ4v) is 3.49. The van der Waals surface area contributed by atoms with Crippen molar-refractivity contribution in [2.75, 3.05) is 0 Å². The first-order valence-corrected chi connectivity index (χ1v) is 7.21. The summed E-state index contributed by atoms with van der Waals surface area (Å²) < 4.78 is 1.94. The summed E-state index contributed by atoms with van der Waals surface area (Å²) in [5, 5.41) is 6.66. The topological polar surface area (TPSA) is 58.4 Å². The van der Waals surface area contributed by atoms with E-state index < -0.39 is 0 Å². The quantitative estimate of drug-likeness (QED) is 0.864. The van der Waals surface area contributed by atoms with Crippen LogP contribution in [0, 0.1) is 6.92 Å². The third-order valence-corrected chi connectivity index (χ3v) is 4.61. The molecule has 20 heavy (non-hydrogen) atoms. The van der Waals surface area contributed by atoms with Gasteiger partial charge in [0.2, 0.25) is 0 Å². The molecule has 0 radical (unpaired) electrons. The Morgan fingerprint density at radius 1 is 1.50 bits per heavy atom. The van der Waals surface area contributed by atoms with Gasteiger partial charge in [-0.05, 0) is 43.9 Å². The average molecular weight is 270 g/mol. The maximum atomic E-state index is 12.3. The largest absolute Gasteiger partial charge is 0.346 e. The summed E-state index contributed by atoms with van der Waals surface area (Å²) in [7, 11) is 0. The van der Waals surface area contributed by atoms with Gasteiger partial charge in [0.1, 0.15) is 5.69 Å². The van der Waals surface area contributed by atoms with E-state index >= 15 is 0 Å². The summed E-state index contributed by atoms with van der Waals surface area (Å²) in [5.74, 6) is -0.0625. The zero-order valence-electron chi connectivity index (χ0n) is 11.5. The Labute approximate surface area is 117 Å². The van der Waals surface area contributed by atoms with E-state index in [4.69, 9.17) is 0 Å². The lowest BCUT2D eigenvalue weighted by Gasteiger charge is -2.21. The van der Waals surface area contributed by atoms with Gasteiger partial charge >= 0.3 is 0 Å². The summed E-state index contributed by atoms with van der Waals surface area (Å²) in [4.78, 5) is 16.6. The Hall–Kier alpha value is -1.88. The van der Waals surface area contributed by atoms with Gasteiger partial charge in [-0.25, -0.2) is 4.98 Å². The standard InChI is InChI=1S/C15H18N4O/c1-9-4-5-19-8-16-13(7-14(9)19)15(20)18-12-6-10-2-3-11(12)17-10/h4-5,7-8,10-12,17H,2-3,6H2,1H3,(H,18,20)/t10-,11+,12-/m1/s1. The van der Waals surface area contributed by atoms with Crippen LogP contribution < -0.4 is 10.6 Å². The van der Waals surface area contributed by atoms with Gasteiger partial charge in [0.25, 0.3) is 5.91 Å². The number of aromatic nitrogens is 2. The number of amides is 1. The lowest BCUT2D eigenvalue weighted by atomic mass is 9.95. The lowest BCUT2D eigenvalue weighted by molar-refractivity contribution is 0.0926. The molecule has 5 nitrogen and oxygen atoms in total. The van der Waals surface area contributed by atoms with Gasteiger partial charge in [-0.1, -0.05) is 0 Å². The van der Waals surface area contributed by atoms with Crippen LogP contribution in [-0.4, -0.2) is 33.4 Å². The van der Waals surface area contributed by atoms with Gasteiger partial charge in [0.15, 0.2) is 0 Å². The van der Waals surface area contributed by atoms with Gasteiger partial charge in [-0.2, -0.15) is 0 Å². The van der Waals surface area contributed by atoms with Crippen molar-refractivity contribution >= 4 is 11.4 Å². The van der Waals surface area contributed by atoms with Gasteiger partial charge in [0, 0.05) is 24.3 Å². The van der Waals surface area contributed by atoms with Gasteiger partial charge in [-0.15, -0.1) is 0 Å². The van der Waals surface area contributed by atoms with E-state index in [0.29, 0.717) is 17.8 Å². The maximum Gasteiger partial charge on any atom is 0.270 e. The molecular weight excluding hydrogens is 252 g/mol.